The molecule has 23 heavy (non-hydrogen) atoms. The van der Waals surface area contributed by atoms with Crippen molar-refractivity contribution in [3.8, 4) is 0 Å². The molecule has 1 aromatic carbocycles. The highest BCUT2D eigenvalue weighted by atomic mass is 32.1. The van der Waals surface area contributed by atoms with Gasteiger partial charge in [-0.2, -0.15) is 0 Å². The summed E-state index contributed by atoms with van der Waals surface area (Å²) in [5, 5.41) is 9.52. The summed E-state index contributed by atoms with van der Waals surface area (Å²) in [6, 6.07) is 8.20. The van der Waals surface area contributed by atoms with E-state index in [-0.39, 0.29) is 0 Å². The first-order valence-electron chi connectivity index (χ1n) is 7.56. The molecule has 2 heterocycles. The number of aryl methyl sites for hydroxylation is 1. The average Bonchev–Trinajstić information content (AvgIpc) is 3.08. The molecule has 0 spiro atoms. The van der Waals surface area contributed by atoms with E-state index in [1.165, 1.54) is 22.3 Å². The molecule has 0 aliphatic heterocycles. The van der Waals surface area contributed by atoms with Crippen molar-refractivity contribution in [2.45, 2.75) is 26.6 Å². The Morgan fingerprint density at radius 3 is 2.87 bits per heavy atom. The minimum Gasteiger partial charge on any atom is -0.461 e. The molecule has 0 aliphatic rings. The Morgan fingerprint density at radius 1 is 1.39 bits per heavy atom. The number of nitrogens with zero attached hydrogens (tertiary/aromatic N) is 3. The molecule has 0 aliphatic carbocycles. The fourth-order valence-corrected chi connectivity index (χ4v) is 3.60. The normalized spacial score (nSPS) is 11.5. The van der Waals surface area contributed by atoms with Crippen LogP contribution in [0.25, 0.3) is 11.0 Å². The lowest BCUT2D eigenvalue weighted by molar-refractivity contribution is 0.244. The molecule has 0 saturated carbocycles. The molecule has 3 rings (SSSR count). The van der Waals surface area contributed by atoms with Gasteiger partial charge in [0, 0.05) is 31.0 Å². The van der Waals surface area contributed by atoms with E-state index in [2.05, 4.69) is 41.4 Å². The monoisotopic (exact) mass is 348 g/mol. The number of rotatable bonds is 6. The Labute approximate surface area is 144 Å². The first-order valence-corrected chi connectivity index (χ1v) is 8.78. The summed E-state index contributed by atoms with van der Waals surface area (Å²) in [6.07, 6.45) is 0.887. The van der Waals surface area contributed by atoms with E-state index in [1.807, 2.05) is 23.9 Å². The Kier molecular flexibility index (Phi) is 4.79. The van der Waals surface area contributed by atoms with Crippen LogP contribution in [0.15, 0.2) is 28.7 Å². The van der Waals surface area contributed by atoms with E-state index in [1.54, 1.807) is 0 Å². The van der Waals surface area contributed by atoms with Crippen molar-refractivity contribution in [1.82, 2.24) is 14.7 Å². The minimum absolute atomic E-state index is 0.652. The molecule has 0 amide bonds. The largest absolute Gasteiger partial charge is 0.461 e. The van der Waals surface area contributed by atoms with Gasteiger partial charge in [0.1, 0.15) is 11.3 Å². The van der Waals surface area contributed by atoms with Crippen LogP contribution in [-0.4, -0.2) is 28.8 Å². The molecule has 0 saturated heterocycles. The molecule has 0 bridgehead atoms. The SMILES string of the molecule is CCc1oc2ccccc2c1CN(C)Cn1nc(NC)sc1=S. The van der Waals surface area contributed by atoms with Gasteiger partial charge in [-0.3, -0.25) is 4.90 Å². The van der Waals surface area contributed by atoms with Crippen molar-refractivity contribution < 1.29 is 4.42 Å². The highest BCUT2D eigenvalue weighted by Crippen LogP contribution is 2.27. The maximum Gasteiger partial charge on any atom is 0.204 e. The van der Waals surface area contributed by atoms with Crippen molar-refractivity contribution >= 4 is 39.7 Å². The average molecular weight is 348 g/mol. The molecule has 0 radical (unpaired) electrons. The van der Waals surface area contributed by atoms with Crippen LogP contribution in [0.1, 0.15) is 18.2 Å². The number of fused-ring (bicyclic) bond motifs is 1. The van der Waals surface area contributed by atoms with E-state index in [0.717, 1.165) is 33.4 Å². The highest BCUT2D eigenvalue weighted by molar-refractivity contribution is 7.73. The fraction of sp³-hybridized carbons (Fsp3) is 0.375. The molecule has 122 valence electrons. The molecule has 1 N–H and O–H groups in total. The quantitative estimate of drug-likeness (QED) is 0.679. The van der Waals surface area contributed by atoms with Crippen LogP contribution in [0.2, 0.25) is 0 Å². The second kappa shape index (κ2) is 6.82. The van der Waals surface area contributed by atoms with Crippen molar-refractivity contribution in [3.63, 3.8) is 0 Å². The zero-order chi connectivity index (χ0) is 16.4. The Hall–Kier alpha value is -1.70. The second-order valence-corrected chi connectivity index (χ2v) is 7.05. The lowest BCUT2D eigenvalue weighted by Gasteiger charge is -2.16. The lowest BCUT2D eigenvalue weighted by atomic mass is 10.1. The predicted octanol–water partition coefficient (Wildman–Crippen LogP) is 4.11. The van der Waals surface area contributed by atoms with Gasteiger partial charge in [-0.15, -0.1) is 5.10 Å². The topological polar surface area (TPSA) is 46.2 Å². The lowest BCUT2D eigenvalue weighted by Crippen LogP contribution is -2.22. The van der Waals surface area contributed by atoms with Gasteiger partial charge in [0.05, 0.1) is 6.67 Å². The van der Waals surface area contributed by atoms with Gasteiger partial charge in [0.25, 0.3) is 0 Å². The number of hydrogen-bond donors (Lipinski definition) is 1. The zero-order valence-corrected chi connectivity index (χ0v) is 15.1. The molecule has 7 heteroatoms. The number of hydrogen-bond acceptors (Lipinski definition) is 6. The molecule has 5 nitrogen and oxygen atoms in total. The van der Waals surface area contributed by atoms with Crippen molar-refractivity contribution in [2.24, 2.45) is 0 Å². The van der Waals surface area contributed by atoms with Gasteiger partial charge in [-0.1, -0.05) is 36.5 Å². The molecule has 2 aromatic heterocycles. The minimum atomic E-state index is 0.652. The Morgan fingerprint density at radius 2 is 2.17 bits per heavy atom. The predicted molar refractivity (Wildman–Crippen MR) is 97.5 cm³/mol. The van der Waals surface area contributed by atoms with Crippen LogP contribution in [0.4, 0.5) is 5.13 Å². The number of aromatic nitrogens is 2. The summed E-state index contributed by atoms with van der Waals surface area (Å²) in [7, 11) is 3.92. The third-order valence-electron chi connectivity index (χ3n) is 3.73. The highest BCUT2D eigenvalue weighted by Gasteiger charge is 2.15. The molecular weight excluding hydrogens is 328 g/mol. The van der Waals surface area contributed by atoms with Crippen LogP contribution in [0.5, 0.6) is 0 Å². The Bertz CT molecular complexity index is 864. The number of benzene rings is 1. The molecule has 3 aromatic rings. The zero-order valence-electron chi connectivity index (χ0n) is 13.5. The Balaban J connectivity index is 1.83. The first kappa shape index (κ1) is 16.2. The van der Waals surface area contributed by atoms with Crippen LogP contribution in [-0.2, 0) is 19.6 Å². The van der Waals surface area contributed by atoms with E-state index in [0.29, 0.717) is 6.67 Å². The second-order valence-electron chi connectivity index (χ2n) is 5.43. The fourth-order valence-electron chi connectivity index (χ4n) is 2.65. The maximum atomic E-state index is 5.97. The summed E-state index contributed by atoms with van der Waals surface area (Å²) in [4.78, 5) is 2.20. The van der Waals surface area contributed by atoms with Crippen molar-refractivity contribution in [3.05, 3.63) is 39.5 Å². The molecule has 0 unspecified atom stereocenters. The third kappa shape index (κ3) is 3.31. The summed E-state index contributed by atoms with van der Waals surface area (Å²) < 4.78 is 8.59. The van der Waals surface area contributed by atoms with E-state index in [4.69, 9.17) is 16.6 Å². The smallest absolute Gasteiger partial charge is 0.204 e. The summed E-state index contributed by atoms with van der Waals surface area (Å²) in [6.45, 7) is 3.57. The van der Waals surface area contributed by atoms with Crippen LogP contribution < -0.4 is 5.32 Å². The molecule has 0 fully saturated rings. The van der Waals surface area contributed by atoms with E-state index in [9.17, 15) is 0 Å². The van der Waals surface area contributed by atoms with Crippen molar-refractivity contribution in [1.29, 1.82) is 0 Å². The van der Waals surface area contributed by atoms with Gasteiger partial charge in [0.2, 0.25) is 5.13 Å². The van der Waals surface area contributed by atoms with Gasteiger partial charge in [-0.25, -0.2) is 4.68 Å². The van der Waals surface area contributed by atoms with Gasteiger partial charge >= 0.3 is 0 Å². The van der Waals surface area contributed by atoms with Crippen LogP contribution >= 0.6 is 23.6 Å². The van der Waals surface area contributed by atoms with E-state index >= 15 is 0 Å². The third-order valence-corrected chi connectivity index (χ3v) is 5.05. The maximum absolute atomic E-state index is 5.97. The molecular formula is C16H20N4OS2. The number of furan rings is 1. The number of nitrogens with one attached hydrogen (secondary N) is 1. The molecule has 0 atom stereocenters. The number of anilines is 1. The van der Waals surface area contributed by atoms with Gasteiger partial charge < -0.3 is 9.73 Å². The van der Waals surface area contributed by atoms with Crippen LogP contribution in [0.3, 0.4) is 0 Å². The van der Waals surface area contributed by atoms with E-state index < -0.39 is 0 Å². The summed E-state index contributed by atoms with van der Waals surface area (Å²) in [5.41, 5.74) is 2.21. The van der Waals surface area contributed by atoms with Crippen molar-refractivity contribution in [2.75, 3.05) is 19.4 Å². The first-order chi connectivity index (χ1) is 11.1. The number of para-hydroxylation sites is 1. The standard InChI is InChI=1S/C16H20N4OS2/c1-4-13-12(11-7-5-6-8-14(11)21-13)9-19(3)10-20-16(22)23-15(17-2)18-20/h5-8H,4,9-10H2,1-3H3,(H,17,18). The summed E-state index contributed by atoms with van der Waals surface area (Å²) >= 11 is 6.85. The van der Waals surface area contributed by atoms with Gasteiger partial charge in [0.15, 0.2) is 3.95 Å². The summed E-state index contributed by atoms with van der Waals surface area (Å²) in [5.74, 6) is 1.05. The van der Waals surface area contributed by atoms with Gasteiger partial charge in [-0.05, 0) is 25.3 Å². The van der Waals surface area contributed by atoms with Crippen LogP contribution in [0, 0.1) is 3.95 Å².